The first-order valence-corrected chi connectivity index (χ1v) is 7.21. The summed E-state index contributed by atoms with van der Waals surface area (Å²) >= 11 is 0. The molecular weight excluding hydrogens is 272 g/mol. The van der Waals surface area contributed by atoms with E-state index in [1.54, 1.807) is 18.3 Å². The van der Waals surface area contributed by atoms with Crippen LogP contribution in [0.2, 0.25) is 0 Å². The van der Waals surface area contributed by atoms with E-state index in [0.717, 1.165) is 19.3 Å². The summed E-state index contributed by atoms with van der Waals surface area (Å²) < 4.78 is 13.1. The number of carbonyl (C=O) groups is 1. The van der Waals surface area contributed by atoms with E-state index in [0.29, 0.717) is 41.7 Å². The van der Waals surface area contributed by atoms with Gasteiger partial charge in [-0.25, -0.2) is 4.79 Å². The molecule has 2 aliphatic rings. The fraction of sp³-hybridized carbons (Fsp3) is 0.467. The highest BCUT2D eigenvalue weighted by molar-refractivity contribution is 6.02. The summed E-state index contributed by atoms with van der Waals surface area (Å²) in [6.07, 6.45) is 4.75. The van der Waals surface area contributed by atoms with Gasteiger partial charge in [0.15, 0.2) is 0 Å². The summed E-state index contributed by atoms with van der Waals surface area (Å²) in [6, 6.07) is 3.90. The number of nitrogens with zero attached hydrogens (tertiary/aromatic N) is 2. The van der Waals surface area contributed by atoms with E-state index in [2.05, 4.69) is 4.98 Å². The zero-order valence-electron chi connectivity index (χ0n) is 11.5. The predicted octanol–water partition coefficient (Wildman–Crippen LogP) is 2.24. The normalized spacial score (nSPS) is 21.8. The Kier molecular flexibility index (Phi) is 2.85. The molecule has 1 aliphatic heterocycles. The molecule has 4 rings (SSSR count). The summed E-state index contributed by atoms with van der Waals surface area (Å²) in [5, 5.41) is 9.98. The van der Waals surface area contributed by atoms with Crippen molar-refractivity contribution < 1.29 is 19.4 Å². The highest BCUT2D eigenvalue weighted by Gasteiger charge is 2.28. The summed E-state index contributed by atoms with van der Waals surface area (Å²) in [4.78, 5) is 15.9. The van der Waals surface area contributed by atoms with Crippen LogP contribution in [0.4, 0.5) is 0 Å². The third-order valence-corrected chi connectivity index (χ3v) is 4.00. The Morgan fingerprint density at radius 1 is 1.38 bits per heavy atom. The van der Waals surface area contributed by atoms with Crippen LogP contribution in [0.1, 0.15) is 35.7 Å². The maximum atomic E-state index is 11.3. The van der Waals surface area contributed by atoms with Crippen LogP contribution in [-0.4, -0.2) is 39.9 Å². The average Bonchev–Trinajstić information content (AvgIpc) is 3.05. The number of hydrogen-bond donors (Lipinski definition) is 1. The molecule has 6 nitrogen and oxygen atoms in total. The minimum absolute atomic E-state index is 0.0400. The minimum atomic E-state index is -0.918. The number of carboxylic acids is 1. The fourth-order valence-corrected chi connectivity index (χ4v) is 2.75. The van der Waals surface area contributed by atoms with Crippen LogP contribution in [0.15, 0.2) is 18.3 Å². The van der Waals surface area contributed by atoms with Gasteiger partial charge in [0, 0.05) is 30.1 Å². The molecule has 1 N–H and O–H groups in total. The Morgan fingerprint density at radius 3 is 2.90 bits per heavy atom. The molecule has 2 aromatic heterocycles. The van der Waals surface area contributed by atoms with Crippen molar-refractivity contribution in [1.29, 1.82) is 0 Å². The molecule has 0 spiro atoms. The lowest BCUT2D eigenvalue weighted by molar-refractivity contribution is 0.0698. The van der Waals surface area contributed by atoms with Crippen molar-refractivity contribution in [3.05, 3.63) is 23.9 Å². The molecule has 0 amide bonds. The first-order chi connectivity index (χ1) is 10.2. The molecule has 2 fully saturated rings. The third-order valence-electron chi connectivity index (χ3n) is 4.00. The highest BCUT2D eigenvalue weighted by Crippen LogP contribution is 2.39. The van der Waals surface area contributed by atoms with Crippen LogP contribution < -0.4 is 4.74 Å². The third kappa shape index (κ3) is 2.25. The topological polar surface area (TPSA) is 73.6 Å². The standard InChI is InChI=1S/C15H16N2O4/c18-15(19)12-7-17(9-1-2-9)14-11(12)3-4-13(16-14)21-10-5-6-20-8-10/h3-4,7,9-10H,1-2,5-6,8H2,(H,18,19)/t10-/m0/s1. The van der Waals surface area contributed by atoms with Gasteiger partial charge in [0.25, 0.3) is 0 Å². The van der Waals surface area contributed by atoms with Crippen LogP contribution in [0.5, 0.6) is 5.88 Å². The van der Waals surface area contributed by atoms with Crippen molar-refractivity contribution in [3.8, 4) is 5.88 Å². The summed E-state index contributed by atoms with van der Waals surface area (Å²) in [5.74, 6) is -0.381. The van der Waals surface area contributed by atoms with Gasteiger partial charge in [-0.3, -0.25) is 0 Å². The quantitative estimate of drug-likeness (QED) is 0.934. The van der Waals surface area contributed by atoms with Crippen LogP contribution in [0.3, 0.4) is 0 Å². The second-order valence-electron chi connectivity index (χ2n) is 5.61. The molecule has 3 heterocycles. The first kappa shape index (κ1) is 12.6. The van der Waals surface area contributed by atoms with E-state index in [-0.39, 0.29) is 6.10 Å². The van der Waals surface area contributed by atoms with Gasteiger partial charge in [0.05, 0.1) is 18.8 Å². The number of pyridine rings is 1. The van der Waals surface area contributed by atoms with Gasteiger partial charge in [-0.05, 0) is 18.9 Å². The van der Waals surface area contributed by atoms with E-state index >= 15 is 0 Å². The largest absolute Gasteiger partial charge is 0.478 e. The van der Waals surface area contributed by atoms with Crippen molar-refractivity contribution in [2.45, 2.75) is 31.4 Å². The molecule has 0 bridgehead atoms. The summed E-state index contributed by atoms with van der Waals surface area (Å²) in [6.45, 7) is 1.30. The Labute approximate surface area is 121 Å². The number of carboxylic acid groups (broad SMARTS) is 1. The van der Waals surface area contributed by atoms with E-state index in [1.165, 1.54) is 0 Å². The monoisotopic (exact) mass is 288 g/mol. The van der Waals surface area contributed by atoms with Crippen LogP contribution in [0, 0.1) is 0 Å². The van der Waals surface area contributed by atoms with Gasteiger partial charge in [-0.1, -0.05) is 0 Å². The lowest BCUT2D eigenvalue weighted by Gasteiger charge is -2.11. The zero-order chi connectivity index (χ0) is 14.4. The van der Waals surface area contributed by atoms with E-state index in [4.69, 9.17) is 9.47 Å². The molecule has 6 heteroatoms. The maximum absolute atomic E-state index is 11.3. The van der Waals surface area contributed by atoms with E-state index in [1.807, 2.05) is 4.57 Å². The first-order valence-electron chi connectivity index (χ1n) is 7.21. The summed E-state index contributed by atoms with van der Waals surface area (Å²) in [7, 11) is 0. The molecule has 0 radical (unpaired) electrons. The minimum Gasteiger partial charge on any atom is -0.478 e. The molecule has 2 aromatic rings. The van der Waals surface area contributed by atoms with Crippen molar-refractivity contribution in [2.75, 3.05) is 13.2 Å². The second-order valence-corrected chi connectivity index (χ2v) is 5.61. The molecule has 110 valence electrons. The van der Waals surface area contributed by atoms with Gasteiger partial charge < -0.3 is 19.1 Å². The van der Waals surface area contributed by atoms with Gasteiger partial charge in [0.1, 0.15) is 11.8 Å². The molecular formula is C15H16N2O4. The summed E-state index contributed by atoms with van der Waals surface area (Å²) in [5.41, 5.74) is 1.01. The average molecular weight is 288 g/mol. The number of aromatic nitrogens is 2. The smallest absolute Gasteiger partial charge is 0.337 e. The predicted molar refractivity (Wildman–Crippen MR) is 74.8 cm³/mol. The number of fused-ring (bicyclic) bond motifs is 1. The van der Waals surface area contributed by atoms with Crippen molar-refractivity contribution in [3.63, 3.8) is 0 Å². The SMILES string of the molecule is O=C(O)c1cn(C2CC2)c2nc(O[C@H]3CCOC3)ccc12. The Bertz CT molecular complexity index is 699. The van der Waals surface area contributed by atoms with E-state index in [9.17, 15) is 9.90 Å². The van der Waals surface area contributed by atoms with Crippen molar-refractivity contribution >= 4 is 17.0 Å². The van der Waals surface area contributed by atoms with Crippen LogP contribution in [0.25, 0.3) is 11.0 Å². The molecule has 1 saturated heterocycles. The van der Waals surface area contributed by atoms with Crippen LogP contribution >= 0.6 is 0 Å². The number of rotatable bonds is 4. The number of aromatic carboxylic acids is 1. The number of hydrogen-bond acceptors (Lipinski definition) is 4. The molecule has 0 aromatic carbocycles. The molecule has 1 aliphatic carbocycles. The fourth-order valence-electron chi connectivity index (χ4n) is 2.75. The number of ether oxygens (including phenoxy) is 2. The molecule has 21 heavy (non-hydrogen) atoms. The Balaban J connectivity index is 1.74. The Morgan fingerprint density at radius 2 is 2.24 bits per heavy atom. The molecule has 1 atom stereocenters. The second kappa shape index (κ2) is 4.73. The van der Waals surface area contributed by atoms with E-state index < -0.39 is 5.97 Å². The molecule has 0 unspecified atom stereocenters. The van der Waals surface area contributed by atoms with Gasteiger partial charge >= 0.3 is 5.97 Å². The Hall–Kier alpha value is -2.08. The van der Waals surface area contributed by atoms with Crippen molar-refractivity contribution in [1.82, 2.24) is 9.55 Å². The van der Waals surface area contributed by atoms with Gasteiger partial charge in [-0.2, -0.15) is 4.98 Å². The maximum Gasteiger partial charge on any atom is 0.337 e. The van der Waals surface area contributed by atoms with Gasteiger partial charge in [0.2, 0.25) is 5.88 Å². The molecule has 1 saturated carbocycles. The highest BCUT2D eigenvalue weighted by atomic mass is 16.5. The lowest BCUT2D eigenvalue weighted by Crippen LogP contribution is -2.16. The van der Waals surface area contributed by atoms with Gasteiger partial charge in [-0.15, -0.1) is 0 Å². The van der Waals surface area contributed by atoms with Crippen molar-refractivity contribution in [2.24, 2.45) is 0 Å². The van der Waals surface area contributed by atoms with Crippen LogP contribution in [-0.2, 0) is 4.74 Å². The lowest BCUT2D eigenvalue weighted by atomic mass is 10.2. The zero-order valence-corrected chi connectivity index (χ0v) is 11.5.